The molecular formula is C18H24N4S. The molecule has 2 aromatic rings. The van der Waals surface area contributed by atoms with Crippen LogP contribution in [-0.4, -0.2) is 46.5 Å². The molecule has 5 heteroatoms. The summed E-state index contributed by atoms with van der Waals surface area (Å²) in [4.78, 5) is 9.90. The zero-order valence-electron chi connectivity index (χ0n) is 13.5. The molecule has 0 saturated carbocycles. The lowest BCUT2D eigenvalue weighted by molar-refractivity contribution is 0.141. The fourth-order valence-electron chi connectivity index (χ4n) is 3.75. The third-order valence-electron chi connectivity index (χ3n) is 5.09. The van der Waals surface area contributed by atoms with E-state index in [0.29, 0.717) is 0 Å². The highest BCUT2D eigenvalue weighted by Gasteiger charge is 2.26. The fraction of sp³-hybridized carbons (Fsp3) is 0.556. The minimum Gasteiger partial charge on any atom is -0.347 e. The Hall–Kier alpha value is -1.46. The van der Waals surface area contributed by atoms with Gasteiger partial charge in [-0.2, -0.15) is 9.36 Å². The molecule has 3 heterocycles. The Bertz CT molecular complexity index is 613. The van der Waals surface area contributed by atoms with Crippen molar-refractivity contribution in [1.82, 2.24) is 14.3 Å². The quantitative estimate of drug-likeness (QED) is 0.861. The van der Waals surface area contributed by atoms with Crippen LogP contribution in [0.5, 0.6) is 0 Å². The van der Waals surface area contributed by atoms with Crippen molar-refractivity contribution in [3.63, 3.8) is 0 Å². The Morgan fingerprint density at radius 3 is 2.39 bits per heavy atom. The van der Waals surface area contributed by atoms with Crippen molar-refractivity contribution in [2.75, 3.05) is 31.1 Å². The number of anilines is 1. The fourth-order valence-corrected chi connectivity index (χ4v) is 4.49. The summed E-state index contributed by atoms with van der Waals surface area (Å²) in [6, 6.07) is 11.1. The Morgan fingerprint density at radius 1 is 0.913 bits per heavy atom. The van der Waals surface area contributed by atoms with Crippen molar-refractivity contribution in [2.24, 2.45) is 0 Å². The Balaban J connectivity index is 1.38. The maximum Gasteiger partial charge on any atom is 0.205 e. The minimum atomic E-state index is 0.785. The summed E-state index contributed by atoms with van der Waals surface area (Å²) in [5, 5.41) is 1.08. The average Bonchev–Trinajstić information content (AvgIpc) is 3.14. The highest BCUT2D eigenvalue weighted by atomic mass is 32.1. The number of likely N-dealkylation sites (tertiary alicyclic amines) is 1. The monoisotopic (exact) mass is 328 g/mol. The first-order valence-electron chi connectivity index (χ1n) is 8.78. The maximum atomic E-state index is 4.76. The smallest absolute Gasteiger partial charge is 0.205 e. The molecule has 2 saturated heterocycles. The van der Waals surface area contributed by atoms with Gasteiger partial charge in [-0.25, -0.2) is 0 Å². The number of nitrogens with zero attached hydrogens (tertiary/aromatic N) is 4. The molecule has 0 atom stereocenters. The van der Waals surface area contributed by atoms with E-state index in [1.165, 1.54) is 56.7 Å². The molecule has 4 nitrogen and oxygen atoms in total. The van der Waals surface area contributed by atoms with Gasteiger partial charge < -0.3 is 9.80 Å². The van der Waals surface area contributed by atoms with Crippen LogP contribution in [0.2, 0.25) is 0 Å². The second-order valence-corrected chi connectivity index (χ2v) is 7.31. The number of rotatable bonds is 3. The van der Waals surface area contributed by atoms with Crippen molar-refractivity contribution in [1.29, 1.82) is 0 Å². The molecule has 2 aliphatic rings. The molecule has 0 aliphatic carbocycles. The Kier molecular flexibility index (Phi) is 4.57. The largest absolute Gasteiger partial charge is 0.347 e. The second kappa shape index (κ2) is 6.97. The van der Waals surface area contributed by atoms with Gasteiger partial charge >= 0.3 is 0 Å². The first-order chi connectivity index (χ1) is 11.4. The molecule has 0 radical (unpaired) electrons. The van der Waals surface area contributed by atoms with Crippen molar-refractivity contribution in [3.8, 4) is 11.4 Å². The zero-order valence-corrected chi connectivity index (χ0v) is 14.3. The van der Waals surface area contributed by atoms with Gasteiger partial charge in [-0.15, -0.1) is 0 Å². The van der Waals surface area contributed by atoms with E-state index in [2.05, 4.69) is 26.3 Å². The lowest BCUT2D eigenvalue weighted by atomic mass is 10.0. The molecule has 1 aromatic heterocycles. The van der Waals surface area contributed by atoms with Crippen LogP contribution >= 0.6 is 11.5 Å². The highest BCUT2D eigenvalue weighted by molar-refractivity contribution is 7.09. The first-order valence-corrected chi connectivity index (χ1v) is 9.55. The summed E-state index contributed by atoms with van der Waals surface area (Å²) < 4.78 is 4.55. The van der Waals surface area contributed by atoms with Crippen molar-refractivity contribution >= 4 is 16.7 Å². The summed E-state index contributed by atoms with van der Waals surface area (Å²) >= 11 is 1.54. The van der Waals surface area contributed by atoms with E-state index < -0.39 is 0 Å². The number of aromatic nitrogens is 2. The third kappa shape index (κ3) is 3.40. The normalized spacial score (nSPS) is 20.8. The van der Waals surface area contributed by atoms with E-state index in [9.17, 15) is 0 Å². The molecular weight excluding hydrogens is 304 g/mol. The van der Waals surface area contributed by atoms with Crippen molar-refractivity contribution in [2.45, 2.75) is 38.1 Å². The summed E-state index contributed by atoms with van der Waals surface area (Å²) in [7, 11) is 0. The summed E-state index contributed by atoms with van der Waals surface area (Å²) in [6.45, 7) is 4.85. The number of piperidine rings is 2. The van der Waals surface area contributed by atoms with E-state index in [-0.39, 0.29) is 0 Å². The van der Waals surface area contributed by atoms with E-state index in [4.69, 9.17) is 4.98 Å². The van der Waals surface area contributed by atoms with Gasteiger partial charge in [0.25, 0.3) is 0 Å². The minimum absolute atomic E-state index is 0.785. The van der Waals surface area contributed by atoms with E-state index in [1.807, 2.05) is 18.2 Å². The van der Waals surface area contributed by atoms with Gasteiger partial charge in [0, 0.05) is 36.2 Å². The molecule has 0 N–H and O–H groups in total. The van der Waals surface area contributed by atoms with Crippen LogP contribution in [0.15, 0.2) is 30.3 Å². The van der Waals surface area contributed by atoms with Crippen LogP contribution < -0.4 is 4.90 Å². The number of hydrogen-bond donors (Lipinski definition) is 0. The van der Waals surface area contributed by atoms with Crippen molar-refractivity contribution < 1.29 is 0 Å². The van der Waals surface area contributed by atoms with Gasteiger partial charge in [-0.05, 0) is 38.8 Å². The van der Waals surface area contributed by atoms with Gasteiger partial charge in [0.15, 0.2) is 5.82 Å². The van der Waals surface area contributed by atoms with Crippen LogP contribution in [0.4, 0.5) is 5.13 Å². The maximum absolute atomic E-state index is 4.76. The SMILES string of the molecule is c1ccc(-c2nsc(N3CCC(N4CCCCC4)CC3)n2)cc1. The predicted octanol–water partition coefficient (Wildman–Crippen LogP) is 3.66. The molecule has 0 amide bonds. The van der Waals surface area contributed by atoms with Gasteiger partial charge in [0.1, 0.15) is 0 Å². The van der Waals surface area contributed by atoms with Crippen LogP contribution in [0.25, 0.3) is 11.4 Å². The molecule has 4 rings (SSSR count). The van der Waals surface area contributed by atoms with Crippen LogP contribution in [0.3, 0.4) is 0 Å². The molecule has 2 fully saturated rings. The topological polar surface area (TPSA) is 32.3 Å². The Morgan fingerprint density at radius 2 is 1.65 bits per heavy atom. The lowest BCUT2D eigenvalue weighted by Crippen LogP contribution is -2.46. The van der Waals surface area contributed by atoms with E-state index >= 15 is 0 Å². The molecule has 0 bridgehead atoms. The van der Waals surface area contributed by atoms with Crippen LogP contribution in [-0.2, 0) is 0 Å². The standard InChI is InChI=1S/C18H24N4S/c1-3-7-15(8-4-1)17-19-18(23-20-17)22-13-9-16(10-14-22)21-11-5-2-6-12-21/h1,3-4,7-8,16H,2,5-6,9-14H2. The lowest BCUT2D eigenvalue weighted by Gasteiger charge is -2.40. The van der Waals surface area contributed by atoms with Gasteiger partial charge in [-0.1, -0.05) is 36.8 Å². The average molecular weight is 328 g/mol. The predicted molar refractivity (Wildman–Crippen MR) is 96.0 cm³/mol. The van der Waals surface area contributed by atoms with Gasteiger partial charge in [0.05, 0.1) is 0 Å². The van der Waals surface area contributed by atoms with Gasteiger partial charge in [-0.3, -0.25) is 0 Å². The molecule has 122 valence electrons. The van der Waals surface area contributed by atoms with E-state index in [1.54, 1.807) is 0 Å². The number of hydrogen-bond acceptors (Lipinski definition) is 5. The van der Waals surface area contributed by atoms with E-state index in [0.717, 1.165) is 35.7 Å². The Labute approximate surface area is 142 Å². The second-order valence-electron chi connectivity index (χ2n) is 6.58. The molecule has 0 unspecified atom stereocenters. The summed E-state index contributed by atoms with van der Waals surface area (Å²) in [5.41, 5.74) is 1.11. The summed E-state index contributed by atoms with van der Waals surface area (Å²) in [6.07, 6.45) is 6.72. The zero-order chi connectivity index (χ0) is 15.5. The van der Waals surface area contributed by atoms with Crippen LogP contribution in [0, 0.1) is 0 Å². The van der Waals surface area contributed by atoms with Crippen molar-refractivity contribution in [3.05, 3.63) is 30.3 Å². The molecule has 23 heavy (non-hydrogen) atoms. The van der Waals surface area contributed by atoms with Crippen LogP contribution in [0.1, 0.15) is 32.1 Å². The van der Waals surface area contributed by atoms with Gasteiger partial charge in [0.2, 0.25) is 5.13 Å². The molecule has 1 aromatic carbocycles. The summed E-state index contributed by atoms with van der Waals surface area (Å²) in [5.74, 6) is 0.865. The molecule has 0 spiro atoms. The third-order valence-corrected chi connectivity index (χ3v) is 5.87. The highest BCUT2D eigenvalue weighted by Crippen LogP contribution is 2.28. The first kappa shape index (κ1) is 15.1. The number of benzene rings is 1. The molecule has 2 aliphatic heterocycles.